The normalized spacial score (nSPS) is 9.33. The molecule has 0 fully saturated rings. The fraction of sp³-hybridized carbons (Fsp3) is 0. The summed E-state index contributed by atoms with van der Waals surface area (Å²) in [5, 5.41) is 12.5. The van der Waals surface area contributed by atoms with Gasteiger partial charge in [-0.05, 0) is 12.1 Å². The van der Waals surface area contributed by atoms with E-state index >= 15 is 0 Å². The molecule has 2 aromatic heterocycles. The molecule has 0 saturated heterocycles. The molecule has 0 aromatic carbocycles. The SMILES string of the molecule is Cl.O=C(O)c1ccc(-n2cncn2)cn1. The summed E-state index contributed by atoms with van der Waals surface area (Å²) in [5.74, 6) is -1.05. The summed E-state index contributed by atoms with van der Waals surface area (Å²) in [6.45, 7) is 0. The Kier molecular flexibility index (Phi) is 3.35. The Balaban J connectivity index is 0.00000112. The molecule has 1 N–H and O–H groups in total. The molecule has 78 valence electrons. The van der Waals surface area contributed by atoms with Crippen LogP contribution in [0.1, 0.15) is 10.5 Å². The van der Waals surface area contributed by atoms with Crippen LogP contribution in [-0.2, 0) is 0 Å². The van der Waals surface area contributed by atoms with Gasteiger partial charge in [-0.15, -0.1) is 12.4 Å². The maximum absolute atomic E-state index is 10.5. The molecular weight excluding hydrogens is 220 g/mol. The number of pyridine rings is 1. The quantitative estimate of drug-likeness (QED) is 0.819. The minimum atomic E-state index is -1.05. The first-order valence-corrected chi connectivity index (χ1v) is 3.82. The van der Waals surface area contributed by atoms with Gasteiger partial charge in [0.1, 0.15) is 18.3 Å². The van der Waals surface area contributed by atoms with Crippen LogP contribution in [0.25, 0.3) is 5.69 Å². The Morgan fingerprint density at radius 3 is 2.67 bits per heavy atom. The van der Waals surface area contributed by atoms with E-state index in [1.165, 1.54) is 29.6 Å². The topological polar surface area (TPSA) is 80.9 Å². The number of nitrogens with zero attached hydrogens (tertiary/aromatic N) is 4. The van der Waals surface area contributed by atoms with Gasteiger partial charge in [-0.2, -0.15) is 5.10 Å². The predicted octanol–water partition coefficient (Wildman–Crippen LogP) is 0.782. The largest absolute Gasteiger partial charge is 0.477 e. The minimum absolute atomic E-state index is 0. The van der Waals surface area contributed by atoms with E-state index in [9.17, 15) is 4.79 Å². The molecule has 2 aromatic rings. The van der Waals surface area contributed by atoms with Crippen molar-refractivity contribution < 1.29 is 9.90 Å². The molecule has 7 heteroatoms. The summed E-state index contributed by atoms with van der Waals surface area (Å²) >= 11 is 0. The molecule has 6 nitrogen and oxygen atoms in total. The van der Waals surface area contributed by atoms with Gasteiger partial charge in [-0.3, -0.25) is 0 Å². The maximum Gasteiger partial charge on any atom is 0.354 e. The molecule has 0 aliphatic rings. The van der Waals surface area contributed by atoms with Crippen molar-refractivity contribution in [1.29, 1.82) is 0 Å². The summed E-state index contributed by atoms with van der Waals surface area (Å²) < 4.78 is 1.50. The Morgan fingerprint density at radius 1 is 1.40 bits per heavy atom. The number of hydrogen-bond donors (Lipinski definition) is 1. The molecule has 0 saturated carbocycles. The fourth-order valence-electron chi connectivity index (χ4n) is 0.990. The van der Waals surface area contributed by atoms with Gasteiger partial charge >= 0.3 is 5.97 Å². The third kappa shape index (κ3) is 2.29. The first-order valence-electron chi connectivity index (χ1n) is 3.82. The van der Waals surface area contributed by atoms with Gasteiger partial charge in [0.2, 0.25) is 0 Å². The van der Waals surface area contributed by atoms with Crippen LogP contribution in [0.3, 0.4) is 0 Å². The van der Waals surface area contributed by atoms with Crippen molar-refractivity contribution in [3.05, 3.63) is 36.7 Å². The molecule has 0 spiro atoms. The second kappa shape index (κ2) is 4.52. The lowest BCUT2D eigenvalue weighted by molar-refractivity contribution is 0.0690. The van der Waals surface area contributed by atoms with Crippen LogP contribution in [0.4, 0.5) is 0 Å². The third-order valence-corrected chi connectivity index (χ3v) is 1.65. The number of hydrogen-bond acceptors (Lipinski definition) is 4. The van der Waals surface area contributed by atoms with E-state index in [-0.39, 0.29) is 18.1 Å². The van der Waals surface area contributed by atoms with Crippen molar-refractivity contribution in [2.75, 3.05) is 0 Å². The molecular formula is C8H7ClN4O2. The van der Waals surface area contributed by atoms with Crippen molar-refractivity contribution in [3.8, 4) is 5.69 Å². The fourth-order valence-corrected chi connectivity index (χ4v) is 0.990. The Bertz CT molecular complexity index is 440. The summed E-state index contributed by atoms with van der Waals surface area (Å²) in [4.78, 5) is 18.0. The summed E-state index contributed by atoms with van der Waals surface area (Å²) in [5.41, 5.74) is 0.682. The second-order valence-electron chi connectivity index (χ2n) is 2.55. The number of halogens is 1. The average Bonchev–Trinajstić information content (AvgIpc) is 2.71. The molecule has 0 unspecified atom stereocenters. The summed E-state index contributed by atoms with van der Waals surface area (Å²) in [6, 6.07) is 3.03. The number of aromatic nitrogens is 4. The molecule has 0 aliphatic carbocycles. The van der Waals surface area contributed by atoms with E-state index < -0.39 is 5.97 Å². The molecule has 2 rings (SSSR count). The number of carboxylic acids is 1. The molecule has 0 aliphatic heterocycles. The average molecular weight is 227 g/mol. The van der Waals surface area contributed by atoms with Gasteiger partial charge in [-0.1, -0.05) is 0 Å². The van der Waals surface area contributed by atoms with E-state index in [0.717, 1.165) is 0 Å². The van der Waals surface area contributed by atoms with E-state index in [2.05, 4.69) is 15.1 Å². The lowest BCUT2D eigenvalue weighted by Crippen LogP contribution is -2.01. The van der Waals surface area contributed by atoms with E-state index in [0.29, 0.717) is 5.69 Å². The highest BCUT2D eigenvalue weighted by atomic mass is 35.5. The number of rotatable bonds is 2. The highest BCUT2D eigenvalue weighted by Gasteiger charge is 2.04. The van der Waals surface area contributed by atoms with Gasteiger partial charge in [-0.25, -0.2) is 19.4 Å². The summed E-state index contributed by atoms with van der Waals surface area (Å²) in [7, 11) is 0. The monoisotopic (exact) mass is 226 g/mol. The van der Waals surface area contributed by atoms with Crippen LogP contribution >= 0.6 is 12.4 Å². The standard InChI is InChI=1S/C8H6N4O2.ClH/c13-8(14)7-2-1-6(3-10-7)12-5-9-4-11-12;/h1-5H,(H,13,14);1H. The molecule has 2 heterocycles. The van der Waals surface area contributed by atoms with Crippen molar-refractivity contribution in [1.82, 2.24) is 19.7 Å². The maximum atomic E-state index is 10.5. The predicted molar refractivity (Wildman–Crippen MR) is 53.4 cm³/mol. The van der Waals surface area contributed by atoms with Gasteiger partial charge in [0.05, 0.1) is 11.9 Å². The van der Waals surface area contributed by atoms with Crippen LogP contribution in [0.15, 0.2) is 31.0 Å². The number of aromatic carboxylic acids is 1. The Hall–Kier alpha value is -1.95. The third-order valence-electron chi connectivity index (χ3n) is 1.65. The van der Waals surface area contributed by atoms with Crippen LogP contribution < -0.4 is 0 Å². The highest BCUT2D eigenvalue weighted by Crippen LogP contribution is 2.04. The first-order chi connectivity index (χ1) is 6.77. The van der Waals surface area contributed by atoms with E-state index in [1.807, 2.05) is 0 Å². The Labute approximate surface area is 91.0 Å². The molecule has 15 heavy (non-hydrogen) atoms. The molecule has 0 bridgehead atoms. The zero-order valence-corrected chi connectivity index (χ0v) is 8.26. The van der Waals surface area contributed by atoms with Crippen molar-refractivity contribution in [2.45, 2.75) is 0 Å². The van der Waals surface area contributed by atoms with Crippen molar-refractivity contribution in [3.63, 3.8) is 0 Å². The smallest absolute Gasteiger partial charge is 0.354 e. The minimum Gasteiger partial charge on any atom is -0.477 e. The van der Waals surface area contributed by atoms with Gasteiger partial charge in [0.15, 0.2) is 0 Å². The summed E-state index contributed by atoms with van der Waals surface area (Å²) in [6.07, 6.45) is 4.33. The molecule has 0 atom stereocenters. The molecule has 0 amide bonds. The van der Waals surface area contributed by atoms with E-state index in [4.69, 9.17) is 5.11 Å². The second-order valence-corrected chi connectivity index (χ2v) is 2.55. The first kappa shape index (κ1) is 11.1. The van der Waals surface area contributed by atoms with Crippen LogP contribution in [0, 0.1) is 0 Å². The van der Waals surface area contributed by atoms with Crippen LogP contribution in [0.5, 0.6) is 0 Å². The zero-order valence-electron chi connectivity index (χ0n) is 7.44. The number of carboxylic acid groups (broad SMARTS) is 1. The van der Waals surface area contributed by atoms with Gasteiger partial charge in [0, 0.05) is 0 Å². The highest BCUT2D eigenvalue weighted by molar-refractivity contribution is 5.85. The molecule has 0 radical (unpaired) electrons. The zero-order chi connectivity index (χ0) is 9.97. The van der Waals surface area contributed by atoms with Crippen molar-refractivity contribution >= 4 is 18.4 Å². The van der Waals surface area contributed by atoms with E-state index in [1.54, 1.807) is 6.07 Å². The van der Waals surface area contributed by atoms with Gasteiger partial charge in [0.25, 0.3) is 0 Å². The van der Waals surface area contributed by atoms with Crippen LogP contribution in [0.2, 0.25) is 0 Å². The lowest BCUT2D eigenvalue weighted by atomic mass is 10.3. The van der Waals surface area contributed by atoms with Crippen LogP contribution in [-0.4, -0.2) is 30.8 Å². The lowest BCUT2D eigenvalue weighted by Gasteiger charge is -1.98. The Morgan fingerprint density at radius 2 is 2.20 bits per heavy atom. The van der Waals surface area contributed by atoms with Crippen molar-refractivity contribution in [2.24, 2.45) is 0 Å². The number of carbonyl (C=O) groups is 1. The van der Waals surface area contributed by atoms with Gasteiger partial charge < -0.3 is 5.11 Å².